The zero-order chi connectivity index (χ0) is 14.7. The molecule has 20 heavy (non-hydrogen) atoms. The van der Waals surface area contributed by atoms with Gasteiger partial charge in [-0.1, -0.05) is 96.8 Å². The fraction of sp³-hybridized carbons (Fsp3) is 1.00. The molecule has 2 heteroatoms. The van der Waals surface area contributed by atoms with Crippen LogP contribution in [0, 0.1) is 4.91 Å². The van der Waals surface area contributed by atoms with Crippen molar-refractivity contribution in [2.75, 3.05) is 6.54 Å². The van der Waals surface area contributed by atoms with E-state index in [9.17, 15) is 4.91 Å². The van der Waals surface area contributed by atoms with Crippen LogP contribution in [0.3, 0.4) is 0 Å². The van der Waals surface area contributed by atoms with E-state index in [1.54, 1.807) is 0 Å². The Labute approximate surface area is 127 Å². The van der Waals surface area contributed by atoms with Crippen molar-refractivity contribution in [3.63, 3.8) is 0 Å². The quantitative estimate of drug-likeness (QED) is 0.370. The van der Waals surface area contributed by atoms with E-state index < -0.39 is 0 Å². The van der Waals surface area contributed by atoms with Crippen LogP contribution in [-0.4, -0.2) is 6.54 Å². The molecule has 0 bridgehead atoms. The number of nitrogens with one attached hydrogen (secondary N) is 1. The van der Waals surface area contributed by atoms with Crippen LogP contribution in [-0.2, 0) is 0 Å². The van der Waals surface area contributed by atoms with Crippen molar-refractivity contribution in [1.29, 1.82) is 0 Å². The van der Waals surface area contributed by atoms with Crippen molar-refractivity contribution in [2.45, 2.75) is 110 Å². The van der Waals surface area contributed by atoms with E-state index in [-0.39, 0.29) is 0 Å². The van der Waals surface area contributed by atoms with E-state index in [1.165, 1.54) is 96.3 Å². The summed E-state index contributed by atoms with van der Waals surface area (Å²) in [6.07, 6.45) is 22.1. The van der Waals surface area contributed by atoms with Crippen molar-refractivity contribution in [3.05, 3.63) is 4.91 Å². The second-order valence-electron chi connectivity index (χ2n) is 6.20. The summed E-state index contributed by atoms with van der Waals surface area (Å²) in [6, 6.07) is 0. The minimum atomic E-state index is 0.637. The van der Waals surface area contributed by atoms with Crippen LogP contribution < -0.4 is 5.18 Å². The number of hydrogen-bond donors (Lipinski definition) is 1. The molecule has 0 saturated heterocycles. The first-order chi connectivity index (χ1) is 9.91. The van der Waals surface area contributed by atoms with Gasteiger partial charge in [-0.15, -0.1) is 0 Å². The Kier molecular flexibility index (Phi) is 18.2. The highest BCUT2D eigenvalue weighted by molar-refractivity contribution is 4.49. The molecule has 0 aromatic carbocycles. The van der Waals surface area contributed by atoms with Crippen LogP contribution in [0.5, 0.6) is 0 Å². The molecular formula is C18H38NO+. The van der Waals surface area contributed by atoms with Gasteiger partial charge in [0.1, 0.15) is 0 Å². The van der Waals surface area contributed by atoms with Gasteiger partial charge in [0.05, 0.1) is 0 Å². The molecule has 0 aliphatic heterocycles. The summed E-state index contributed by atoms with van der Waals surface area (Å²) in [5.74, 6) is 0. The maximum absolute atomic E-state index is 10.0. The molecule has 0 fully saturated rings. The molecule has 0 spiro atoms. The summed E-state index contributed by atoms with van der Waals surface area (Å²) in [5.41, 5.74) is 0. The molecule has 0 saturated carbocycles. The molecule has 0 amide bonds. The minimum absolute atomic E-state index is 0.637. The van der Waals surface area contributed by atoms with Crippen LogP contribution >= 0.6 is 0 Å². The van der Waals surface area contributed by atoms with Crippen LogP contribution in [0.4, 0.5) is 0 Å². The molecule has 0 aromatic heterocycles. The summed E-state index contributed by atoms with van der Waals surface area (Å²) >= 11 is 0. The van der Waals surface area contributed by atoms with Crippen LogP contribution in [0.2, 0.25) is 0 Å². The first kappa shape index (κ1) is 19.6. The van der Waals surface area contributed by atoms with Crippen molar-refractivity contribution in [2.24, 2.45) is 0 Å². The van der Waals surface area contributed by atoms with Gasteiger partial charge in [0.2, 0.25) is 0 Å². The molecule has 0 unspecified atom stereocenters. The first-order valence-corrected chi connectivity index (χ1v) is 9.26. The zero-order valence-corrected chi connectivity index (χ0v) is 13.9. The smallest absolute Gasteiger partial charge is 0.0654 e. The second-order valence-corrected chi connectivity index (χ2v) is 6.20. The van der Waals surface area contributed by atoms with Gasteiger partial charge in [-0.3, -0.25) is 0 Å². The Hall–Kier alpha value is -0.400. The molecule has 0 aliphatic carbocycles. The Morgan fingerprint density at radius 3 is 1.10 bits per heavy atom. The average molecular weight is 285 g/mol. The molecule has 2 nitrogen and oxygen atoms in total. The third-order valence-electron chi connectivity index (χ3n) is 4.13. The van der Waals surface area contributed by atoms with E-state index in [0.29, 0.717) is 6.54 Å². The summed E-state index contributed by atoms with van der Waals surface area (Å²) in [7, 11) is 0. The number of rotatable bonds is 17. The first-order valence-electron chi connectivity index (χ1n) is 9.26. The lowest BCUT2D eigenvalue weighted by Gasteiger charge is -2.03. The fourth-order valence-corrected chi connectivity index (χ4v) is 2.75. The number of unbranched alkanes of at least 4 members (excludes halogenated alkanes) is 15. The highest BCUT2D eigenvalue weighted by Gasteiger charge is 1.95. The summed E-state index contributed by atoms with van der Waals surface area (Å²) in [5, 5.41) is 1.97. The maximum Gasteiger partial charge on any atom is 0.189 e. The fourth-order valence-electron chi connectivity index (χ4n) is 2.75. The van der Waals surface area contributed by atoms with Crippen LogP contribution in [0.15, 0.2) is 0 Å². The maximum atomic E-state index is 10.0. The summed E-state index contributed by atoms with van der Waals surface area (Å²) in [4.78, 5) is 10.0. The Balaban J connectivity index is 2.90. The van der Waals surface area contributed by atoms with E-state index in [1.807, 2.05) is 5.18 Å². The van der Waals surface area contributed by atoms with Gasteiger partial charge in [0.15, 0.2) is 6.54 Å². The molecule has 0 aliphatic rings. The van der Waals surface area contributed by atoms with E-state index in [2.05, 4.69) is 6.92 Å². The number of hydrogen-bond acceptors (Lipinski definition) is 1. The van der Waals surface area contributed by atoms with Gasteiger partial charge in [-0.2, -0.15) is 0 Å². The van der Waals surface area contributed by atoms with Crippen molar-refractivity contribution < 1.29 is 5.18 Å². The van der Waals surface area contributed by atoms with Gasteiger partial charge in [0.25, 0.3) is 0 Å². The molecule has 0 heterocycles. The molecular weight excluding hydrogens is 246 g/mol. The lowest BCUT2D eigenvalue weighted by molar-refractivity contribution is -0.481. The highest BCUT2D eigenvalue weighted by atomic mass is 16.3. The summed E-state index contributed by atoms with van der Waals surface area (Å²) < 4.78 is 0. The topological polar surface area (TPSA) is 31.0 Å². The molecule has 0 aromatic rings. The molecule has 120 valence electrons. The van der Waals surface area contributed by atoms with E-state index in [0.717, 1.165) is 6.42 Å². The standard InChI is InChI=1S/C18H37NO/c1-2-3-4-5-6-7-8-9-10-11-12-13-14-15-16-17-18-19-20/h2-18H2,1H3/p+1. The van der Waals surface area contributed by atoms with Crippen molar-refractivity contribution >= 4 is 0 Å². The molecule has 0 rings (SSSR count). The van der Waals surface area contributed by atoms with Gasteiger partial charge in [0, 0.05) is 11.3 Å². The molecule has 0 atom stereocenters. The van der Waals surface area contributed by atoms with E-state index >= 15 is 0 Å². The predicted octanol–water partition coefficient (Wildman–Crippen LogP) is 5.09. The van der Waals surface area contributed by atoms with Crippen LogP contribution in [0.25, 0.3) is 0 Å². The lowest BCUT2D eigenvalue weighted by atomic mass is 10.0. The van der Waals surface area contributed by atoms with Gasteiger partial charge < -0.3 is 0 Å². The Bertz CT molecular complexity index is 182. The average Bonchev–Trinajstić information content (AvgIpc) is 2.47. The largest absolute Gasteiger partial charge is 0.189 e. The zero-order valence-electron chi connectivity index (χ0n) is 13.9. The van der Waals surface area contributed by atoms with Crippen molar-refractivity contribution in [3.8, 4) is 0 Å². The lowest BCUT2D eigenvalue weighted by Crippen LogP contribution is -2.64. The van der Waals surface area contributed by atoms with Gasteiger partial charge in [-0.05, 0) is 11.6 Å². The molecule has 0 radical (unpaired) electrons. The third-order valence-corrected chi connectivity index (χ3v) is 4.13. The SMILES string of the molecule is CCCCCCCCCCCCCCCCCC[NH+]=O. The van der Waals surface area contributed by atoms with Gasteiger partial charge >= 0.3 is 0 Å². The number of nitroso groups, excluding NO2 is 1. The summed E-state index contributed by atoms with van der Waals surface area (Å²) in [6.45, 7) is 2.92. The van der Waals surface area contributed by atoms with Crippen molar-refractivity contribution in [1.82, 2.24) is 0 Å². The second kappa shape index (κ2) is 18.6. The van der Waals surface area contributed by atoms with E-state index in [4.69, 9.17) is 0 Å². The minimum Gasteiger partial charge on any atom is -0.0654 e. The molecule has 1 N–H and O–H groups in total. The highest BCUT2D eigenvalue weighted by Crippen LogP contribution is 2.13. The Morgan fingerprint density at radius 1 is 0.500 bits per heavy atom. The monoisotopic (exact) mass is 284 g/mol. The Morgan fingerprint density at radius 2 is 0.800 bits per heavy atom. The van der Waals surface area contributed by atoms with Crippen LogP contribution in [0.1, 0.15) is 110 Å². The normalized spacial score (nSPS) is 10.8. The van der Waals surface area contributed by atoms with Gasteiger partial charge in [-0.25, -0.2) is 0 Å². The predicted molar refractivity (Wildman–Crippen MR) is 88.7 cm³/mol. The third kappa shape index (κ3) is 17.6.